The van der Waals surface area contributed by atoms with Gasteiger partial charge in [-0.1, -0.05) is 23.2 Å². The van der Waals surface area contributed by atoms with Gasteiger partial charge in [-0.15, -0.1) is 0 Å². The minimum Gasteiger partial charge on any atom is -0.311 e. The molecule has 0 bridgehead atoms. The zero-order valence-corrected chi connectivity index (χ0v) is 24.3. The molecule has 0 aliphatic carbocycles. The Hall–Kier alpha value is -2.94. The maximum atomic E-state index is 14.7. The fourth-order valence-electron chi connectivity index (χ4n) is 4.65. The highest BCUT2D eigenvalue weighted by atomic mass is 35.5. The van der Waals surface area contributed by atoms with E-state index in [9.17, 15) is 40.0 Å². The van der Waals surface area contributed by atoms with E-state index in [4.69, 9.17) is 23.2 Å². The van der Waals surface area contributed by atoms with Crippen molar-refractivity contribution in [1.29, 1.82) is 0 Å². The molecule has 0 spiro atoms. The van der Waals surface area contributed by atoms with Gasteiger partial charge in [0.05, 0.1) is 11.6 Å². The van der Waals surface area contributed by atoms with E-state index < -0.39 is 87.6 Å². The summed E-state index contributed by atoms with van der Waals surface area (Å²) in [5, 5.41) is -0.0968. The van der Waals surface area contributed by atoms with Crippen molar-refractivity contribution >= 4 is 45.0 Å². The lowest BCUT2D eigenvalue weighted by Crippen LogP contribution is -2.67. The van der Waals surface area contributed by atoms with E-state index in [0.717, 1.165) is 26.4 Å². The second-order valence-corrected chi connectivity index (χ2v) is 12.6. The van der Waals surface area contributed by atoms with E-state index in [1.807, 2.05) is 0 Å². The molecule has 2 amide bonds. The Morgan fingerprint density at radius 1 is 0.951 bits per heavy atom. The zero-order valence-electron chi connectivity index (χ0n) is 21.9. The Bertz CT molecular complexity index is 1560. The topological polar surface area (TPSA) is 81.2 Å². The van der Waals surface area contributed by atoms with Crippen molar-refractivity contribution in [2.45, 2.75) is 43.3 Å². The molecule has 2 atom stereocenters. The Morgan fingerprint density at radius 2 is 1.51 bits per heavy atom. The molecule has 2 aliphatic heterocycles. The highest BCUT2D eigenvalue weighted by Crippen LogP contribution is 2.38. The largest absolute Gasteiger partial charge is 0.311 e. The molecule has 2 aliphatic rings. The van der Waals surface area contributed by atoms with Crippen LogP contribution < -0.4 is 0 Å². The highest BCUT2D eigenvalue weighted by molar-refractivity contribution is 7.89. The molecule has 0 saturated carbocycles. The van der Waals surface area contributed by atoms with Gasteiger partial charge in [0, 0.05) is 29.2 Å². The van der Waals surface area contributed by atoms with Crippen molar-refractivity contribution in [3.8, 4) is 0 Å². The number of halogens is 7. The molecule has 2 heterocycles. The van der Waals surface area contributed by atoms with Gasteiger partial charge in [0.15, 0.2) is 23.3 Å². The monoisotopic (exact) mass is 640 g/mol. The van der Waals surface area contributed by atoms with Crippen molar-refractivity contribution in [3.05, 3.63) is 74.9 Å². The molecule has 222 valence electrons. The number of sulfonamides is 1. The lowest BCUT2D eigenvalue weighted by Gasteiger charge is -2.49. The summed E-state index contributed by atoms with van der Waals surface area (Å²) in [7, 11) is -1.65. The summed E-state index contributed by atoms with van der Waals surface area (Å²) in [6.07, 6.45) is -0.0557. The molecule has 1 saturated heterocycles. The average Bonchev–Trinajstić information content (AvgIpc) is 2.89. The molecule has 2 aromatic carbocycles. The van der Waals surface area contributed by atoms with Crippen LogP contribution in [0.25, 0.3) is 0 Å². The van der Waals surface area contributed by atoms with E-state index in [2.05, 4.69) is 0 Å². The van der Waals surface area contributed by atoms with Crippen LogP contribution in [0.1, 0.15) is 19.4 Å². The average molecular weight is 641 g/mol. The Labute approximate surface area is 242 Å². The molecular formula is C25H23Cl2F5N4O4S. The molecule has 4 rings (SSSR count). The third-order valence-corrected chi connectivity index (χ3v) is 9.30. The van der Waals surface area contributed by atoms with Gasteiger partial charge < -0.3 is 4.90 Å². The van der Waals surface area contributed by atoms with E-state index in [1.54, 1.807) is 13.8 Å². The maximum absolute atomic E-state index is 14.7. The molecule has 2 aromatic rings. The number of fused-ring (bicyclic) bond motifs is 1. The van der Waals surface area contributed by atoms with Gasteiger partial charge in [0.1, 0.15) is 22.8 Å². The number of benzene rings is 2. The molecule has 2 unspecified atom stereocenters. The minimum absolute atomic E-state index is 0.145. The van der Waals surface area contributed by atoms with Crippen molar-refractivity contribution in [3.63, 3.8) is 0 Å². The first-order valence-corrected chi connectivity index (χ1v) is 14.2. The van der Waals surface area contributed by atoms with Crippen molar-refractivity contribution in [2.24, 2.45) is 0 Å². The summed E-state index contributed by atoms with van der Waals surface area (Å²) >= 11 is 12.1. The molecule has 41 heavy (non-hydrogen) atoms. The fourth-order valence-corrected chi connectivity index (χ4v) is 6.85. The summed E-state index contributed by atoms with van der Waals surface area (Å²) in [5.74, 6) is -13.3. The van der Waals surface area contributed by atoms with Gasteiger partial charge in [-0.3, -0.25) is 19.4 Å². The lowest BCUT2D eigenvalue weighted by atomic mass is 9.97. The summed E-state index contributed by atoms with van der Waals surface area (Å²) in [6, 6.07) is -0.142. The predicted molar refractivity (Wildman–Crippen MR) is 138 cm³/mol. The summed E-state index contributed by atoms with van der Waals surface area (Å²) in [5.41, 5.74) is -1.33. The number of hydrogen-bond donors (Lipinski definition) is 0. The standard InChI is InChI=1S/C25H23Cl2F5N4O4S/c1-11(2)34-10-18-35(41(39,40)17-6-5-12(26)7-14(17)27)9-16(33(3)4)25(38)36(18)15(24(34)37)8-13-19(28)21(30)23(32)22(31)20(13)29/h5-7,10-11,15-16H,8-9H2,1-4H3. The first-order valence-electron chi connectivity index (χ1n) is 12.0. The van der Waals surface area contributed by atoms with Crippen molar-refractivity contribution in [2.75, 3.05) is 20.6 Å². The SMILES string of the molecule is CC(C)N1C=C2N(C(=O)C(N(C)C)CN2S(=O)(=O)c2ccc(Cl)cc2Cl)C(Cc2c(F)c(F)c(F)c(F)c2F)C1=O. The Kier molecular flexibility index (Phi) is 8.35. The smallest absolute Gasteiger partial charge is 0.267 e. The van der Waals surface area contributed by atoms with Gasteiger partial charge in [0.2, 0.25) is 17.6 Å². The van der Waals surface area contributed by atoms with E-state index in [0.29, 0.717) is 0 Å². The quantitative estimate of drug-likeness (QED) is 0.270. The van der Waals surface area contributed by atoms with E-state index in [-0.39, 0.29) is 20.8 Å². The van der Waals surface area contributed by atoms with Crippen LogP contribution in [-0.4, -0.2) is 78.0 Å². The van der Waals surface area contributed by atoms with E-state index in [1.165, 1.54) is 31.1 Å². The molecule has 0 aromatic heterocycles. The lowest BCUT2D eigenvalue weighted by molar-refractivity contribution is -0.152. The summed E-state index contributed by atoms with van der Waals surface area (Å²) in [4.78, 5) is 30.0. The number of hydrogen-bond acceptors (Lipinski definition) is 5. The van der Waals surface area contributed by atoms with Crippen LogP contribution >= 0.6 is 23.2 Å². The third kappa shape index (κ3) is 5.15. The highest BCUT2D eigenvalue weighted by Gasteiger charge is 2.51. The number of nitrogens with zero attached hydrogens (tertiary/aromatic N) is 4. The number of carbonyl (C=O) groups excluding carboxylic acids is 2. The number of rotatable bonds is 6. The molecule has 0 N–H and O–H groups in total. The predicted octanol–water partition coefficient (Wildman–Crippen LogP) is 4.11. The van der Waals surface area contributed by atoms with Gasteiger partial charge in [-0.2, -0.15) is 0 Å². The van der Waals surface area contributed by atoms with Crippen LogP contribution in [0.4, 0.5) is 22.0 Å². The van der Waals surface area contributed by atoms with Gasteiger partial charge in [0.25, 0.3) is 10.0 Å². The molecule has 16 heteroatoms. The molecule has 1 fully saturated rings. The number of amides is 2. The molecular weight excluding hydrogens is 618 g/mol. The van der Waals surface area contributed by atoms with Crippen LogP contribution in [0.5, 0.6) is 0 Å². The van der Waals surface area contributed by atoms with Gasteiger partial charge >= 0.3 is 0 Å². The Balaban J connectivity index is 1.95. The van der Waals surface area contributed by atoms with Crippen LogP contribution in [-0.2, 0) is 26.0 Å². The normalized spacial score (nSPS) is 19.8. The first-order chi connectivity index (χ1) is 19.0. The summed E-state index contributed by atoms with van der Waals surface area (Å²) in [6.45, 7) is 2.63. The van der Waals surface area contributed by atoms with Crippen LogP contribution in [0.3, 0.4) is 0 Å². The van der Waals surface area contributed by atoms with Crippen LogP contribution in [0.2, 0.25) is 10.0 Å². The third-order valence-electron chi connectivity index (χ3n) is 6.81. The summed E-state index contributed by atoms with van der Waals surface area (Å²) < 4.78 is 100.0. The Morgan fingerprint density at radius 3 is 2.02 bits per heavy atom. The van der Waals surface area contributed by atoms with Crippen molar-refractivity contribution < 1.29 is 40.0 Å². The second kappa shape index (κ2) is 11.0. The van der Waals surface area contributed by atoms with Crippen molar-refractivity contribution in [1.82, 2.24) is 19.0 Å². The van der Waals surface area contributed by atoms with E-state index >= 15 is 0 Å². The molecule has 0 radical (unpaired) electrons. The maximum Gasteiger partial charge on any atom is 0.267 e. The minimum atomic E-state index is -4.57. The molecule has 8 nitrogen and oxygen atoms in total. The van der Waals surface area contributed by atoms with Gasteiger partial charge in [-0.25, -0.2) is 34.7 Å². The van der Waals surface area contributed by atoms with Crippen LogP contribution in [0, 0.1) is 29.1 Å². The number of likely N-dealkylation sites (N-methyl/N-ethyl adjacent to an activating group) is 1. The van der Waals surface area contributed by atoms with Crippen LogP contribution in [0.15, 0.2) is 35.1 Å². The number of carbonyl (C=O) groups is 2. The zero-order chi connectivity index (χ0) is 30.7. The van der Waals surface area contributed by atoms with Gasteiger partial charge in [-0.05, 0) is 46.1 Å². The first kappa shape index (κ1) is 31.0. The second-order valence-electron chi connectivity index (χ2n) is 9.89. The fraction of sp³-hybridized carbons (Fsp3) is 0.360.